The van der Waals surface area contributed by atoms with Gasteiger partial charge in [-0.05, 0) is 62.1 Å². The highest BCUT2D eigenvalue weighted by Gasteiger charge is 2.51. The van der Waals surface area contributed by atoms with Crippen LogP contribution in [0.5, 0.6) is 5.75 Å². The van der Waals surface area contributed by atoms with Gasteiger partial charge < -0.3 is 15.2 Å². The second-order valence-corrected chi connectivity index (χ2v) is 6.90. The van der Waals surface area contributed by atoms with E-state index in [1.165, 1.54) is 12.8 Å². The van der Waals surface area contributed by atoms with E-state index in [4.69, 9.17) is 4.74 Å². The van der Waals surface area contributed by atoms with E-state index in [9.17, 15) is 14.7 Å². The van der Waals surface area contributed by atoms with E-state index in [0.29, 0.717) is 18.9 Å². The Morgan fingerprint density at radius 3 is 2.58 bits per heavy atom. The summed E-state index contributed by atoms with van der Waals surface area (Å²) in [6.07, 6.45) is 3.89. The summed E-state index contributed by atoms with van der Waals surface area (Å²) in [5.41, 5.74) is 0.933. The summed E-state index contributed by atoms with van der Waals surface area (Å²) in [5, 5.41) is 12.3. The molecule has 0 aromatic heterocycles. The van der Waals surface area contributed by atoms with Crippen LogP contribution >= 0.6 is 0 Å². The van der Waals surface area contributed by atoms with E-state index in [2.05, 4.69) is 5.32 Å². The number of nitrogens with one attached hydrogen (secondary N) is 1. The fourth-order valence-electron chi connectivity index (χ4n) is 3.34. The van der Waals surface area contributed by atoms with Crippen molar-refractivity contribution >= 4 is 11.9 Å². The molecule has 0 radical (unpaired) electrons. The summed E-state index contributed by atoms with van der Waals surface area (Å²) in [5.74, 6) is 0.756. The third kappa shape index (κ3) is 4.28. The molecular weight excluding hydrogens is 306 g/mol. The molecule has 2 aliphatic carbocycles. The number of aliphatic carboxylic acids is 1. The van der Waals surface area contributed by atoms with E-state index in [-0.39, 0.29) is 18.4 Å². The van der Waals surface area contributed by atoms with Crippen molar-refractivity contribution in [3.8, 4) is 5.75 Å². The van der Waals surface area contributed by atoms with Gasteiger partial charge in [-0.3, -0.25) is 9.59 Å². The van der Waals surface area contributed by atoms with Crippen LogP contribution in [0.4, 0.5) is 0 Å². The monoisotopic (exact) mass is 331 g/mol. The van der Waals surface area contributed by atoms with E-state index in [0.717, 1.165) is 23.7 Å². The summed E-state index contributed by atoms with van der Waals surface area (Å²) < 4.78 is 5.39. The van der Waals surface area contributed by atoms with Crippen LogP contribution in [0.1, 0.15) is 31.7 Å². The Morgan fingerprint density at radius 1 is 1.29 bits per heavy atom. The molecule has 24 heavy (non-hydrogen) atoms. The molecule has 3 rings (SSSR count). The second kappa shape index (κ2) is 7.24. The molecule has 2 N–H and O–H groups in total. The summed E-state index contributed by atoms with van der Waals surface area (Å²) in [6.45, 7) is 2.71. The summed E-state index contributed by atoms with van der Waals surface area (Å²) in [7, 11) is 0. The molecule has 0 bridgehead atoms. The standard InChI is InChI=1S/C19H25NO4/c1-2-24-15-7-3-12(4-8-15)9-14(19(22)23)11-20-18(21)17-10-16(17)13-5-6-13/h3-4,7-8,13-14,16-17H,2,5-6,9-11H2,1H3,(H,20,21)(H,22,23)/t14-,16-,17+/m1/s1. The lowest BCUT2D eigenvalue weighted by Crippen LogP contribution is -2.35. The minimum Gasteiger partial charge on any atom is -0.494 e. The van der Waals surface area contributed by atoms with Gasteiger partial charge >= 0.3 is 5.97 Å². The number of hydrogen-bond donors (Lipinski definition) is 2. The molecule has 2 saturated carbocycles. The Kier molecular flexibility index (Phi) is 5.07. The second-order valence-electron chi connectivity index (χ2n) is 6.90. The predicted octanol–water partition coefficient (Wildman–Crippen LogP) is 2.49. The smallest absolute Gasteiger partial charge is 0.308 e. The zero-order chi connectivity index (χ0) is 17.1. The van der Waals surface area contributed by atoms with Crippen LogP contribution in [-0.4, -0.2) is 30.1 Å². The first-order valence-corrected chi connectivity index (χ1v) is 8.80. The van der Waals surface area contributed by atoms with Gasteiger partial charge in [0.15, 0.2) is 0 Å². The SMILES string of the molecule is CCOc1ccc(C[C@H](CNC(=O)[C@H]2C[C@@H]2C2CC2)C(=O)O)cc1. The van der Waals surface area contributed by atoms with Gasteiger partial charge in [0.05, 0.1) is 12.5 Å². The largest absolute Gasteiger partial charge is 0.494 e. The van der Waals surface area contributed by atoms with Crippen LogP contribution in [0.25, 0.3) is 0 Å². The summed E-state index contributed by atoms with van der Waals surface area (Å²) in [6, 6.07) is 7.46. The average Bonchev–Trinajstić information content (AvgIpc) is 3.44. The van der Waals surface area contributed by atoms with Gasteiger partial charge in [0.2, 0.25) is 5.91 Å². The maximum atomic E-state index is 12.1. The molecule has 5 heteroatoms. The van der Waals surface area contributed by atoms with Crippen LogP contribution in [-0.2, 0) is 16.0 Å². The number of carbonyl (C=O) groups is 2. The number of benzene rings is 1. The van der Waals surface area contributed by atoms with E-state index in [1.807, 2.05) is 31.2 Å². The third-order valence-corrected chi connectivity index (χ3v) is 4.99. The summed E-state index contributed by atoms with van der Waals surface area (Å²) in [4.78, 5) is 23.6. The molecular formula is C19H25NO4. The maximum absolute atomic E-state index is 12.1. The predicted molar refractivity (Wildman–Crippen MR) is 89.8 cm³/mol. The van der Waals surface area contributed by atoms with Gasteiger partial charge in [-0.1, -0.05) is 12.1 Å². The summed E-state index contributed by atoms with van der Waals surface area (Å²) >= 11 is 0. The molecule has 1 aromatic rings. The van der Waals surface area contributed by atoms with Crippen LogP contribution in [0, 0.1) is 23.7 Å². The molecule has 130 valence electrons. The Morgan fingerprint density at radius 2 is 2.00 bits per heavy atom. The molecule has 1 aromatic carbocycles. The van der Waals surface area contributed by atoms with Crippen molar-refractivity contribution in [1.29, 1.82) is 0 Å². The first-order chi connectivity index (χ1) is 11.6. The van der Waals surface area contributed by atoms with Gasteiger partial charge in [-0.2, -0.15) is 0 Å². The van der Waals surface area contributed by atoms with Crippen LogP contribution in [0.2, 0.25) is 0 Å². The van der Waals surface area contributed by atoms with Gasteiger partial charge in [0.25, 0.3) is 0 Å². The molecule has 0 saturated heterocycles. The first-order valence-electron chi connectivity index (χ1n) is 8.80. The molecule has 5 nitrogen and oxygen atoms in total. The molecule has 0 aliphatic heterocycles. The van der Waals surface area contributed by atoms with Crippen molar-refractivity contribution in [2.45, 2.75) is 32.6 Å². The maximum Gasteiger partial charge on any atom is 0.308 e. The quantitative estimate of drug-likeness (QED) is 0.729. The van der Waals surface area contributed by atoms with Crippen LogP contribution in [0.3, 0.4) is 0 Å². The third-order valence-electron chi connectivity index (χ3n) is 4.99. The lowest BCUT2D eigenvalue weighted by atomic mass is 9.99. The van der Waals surface area contributed by atoms with Gasteiger partial charge in [0.1, 0.15) is 5.75 Å². The Bertz CT molecular complexity index is 594. The van der Waals surface area contributed by atoms with Crippen molar-refractivity contribution in [3.05, 3.63) is 29.8 Å². The number of carboxylic acid groups (broad SMARTS) is 1. The number of carbonyl (C=O) groups excluding carboxylic acids is 1. The zero-order valence-corrected chi connectivity index (χ0v) is 14.0. The van der Waals surface area contributed by atoms with Gasteiger partial charge in [-0.25, -0.2) is 0 Å². The minimum absolute atomic E-state index is 0.0323. The van der Waals surface area contributed by atoms with E-state index >= 15 is 0 Å². The van der Waals surface area contributed by atoms with Crippen molar-refractivity contribution < 1.29 is 19.4 Å². The van der Waals surface area contributed by atoms with E-state index < -0.39 is 11.9 Å². The number of rotatable bonds is 9. The van der Waals surface area contributed by atoms with Crippen LogP contribution in [0.15, 0.2) is 24.3 Å². The Labute approximate surface area is 142 Å². The number of amides is 1. The molecule has 2 fully saturated rings. The van der Waals surface area contributed by atoms with Crippen LogP contribution < -0.4 is 10.1 Å². The highest BCUT2D eigenvalue weighted by atomic mass is 16.5. The number of carboxylic acids is 1. The molecule has 0 unspecified atom stereocenters. The lowest BCUT2D eigenvalue weighted by molar-refractivity contribution is -0.141. The highest BCUT2D eigenvalue weighted by Crippen LogP contribution is 2.54. The Balaban J connectivity index is 1.49. The fraction of sp³-hybridized carbons (Fsp3) is 0.579. The molecule has 3 atom stereocenters. The topological polar surface area (TPSA) is 75.6 Å². The van der Waals surface area contributed by atoms with E-state index in [1.54, 1.807) is 0 Å². The fourth-order valence-corrected chi connectivity index (χ4v) is 3.34. The lowest BCUT2D eigenvalue weighted by Gasteiger charge is -2.14. The van der Waals surface area contributed by atoms with Crippen molar-refractivity contribution in [2.75, 3.05) is 13.2 Å². The molecule has 1 amide bonds. The molecule has 2 aliphatic rings. The average molecular weight is 331 g/mol. The zero-order valence-electron chi connectivity index (χ0n) is 14.0. The van der Waals surface area contributed by atoms with Crippen molar-refractivity contribution in [1.82, 2.24) is 5.32 Å². The van der Waals surface area contributed by atoms with Crippen molar-refractivity contribution in [3.63, 3.8) is 0 Å². The van der Waals surface area contributed by atoms with Gasteiger partial charge in [-0.15, -0.1) is 0 Å². The number of ether oxygens (including phenoxy) is 1. The minimum atomic E-state index is -0.876. The molecule has 0 heterocycles. The normalized spacial score (nSPS) is 23.4. The van der Waals surface area contributed by atoms with Crippen molar-refractivity contribution in [2.24, 2.45) is 23.7 Å². The highest BCUT2D eigenvalue weighted by molar-refractivity contribution is 5.82. The molecule has 0 spiro atoms. The first kappa shape index (κ1) is 16.8. The number of hydrogen-bond acceptors (Lipinski definition) is 3. The Hall–Kier alpha value is -2.04. The van der Waals surface area contributed by atoms with Gasteiger partial charge in [0, 0.05) is 12.5 Å².